The number of hydrogen-bond acceptors (Lipinski definition) is 5. The van der Waals surface area contributed by atoms with Crippen LogP contribution in [0, 0.1) is 11.3 Å². The van der Waals surface area contributed by atoms with Crippen molar-refractivity contribution in [2.24, 2.45) is 0 Å². The molecule has 2 rings (SSSR count). The Morgan fingerprint density at radius 1 is 1.16 bits per heavy atom. The number of para-hydroxylation sites is 2. The quantitative estimate of drug-likeness (QED) is 0.552. The Balaban J connectivity index is 2.10. The molecule has 0 fully saturated rings. The number of hydrogen-bond donors (Lipinski definition) is 3. The maximum Gasteiger partial charge on any atom is 0.335 e. The molecule has 126 valence electrons. The zero-order valence-electron chi connectivity index (χ0n) is 13.3. The van der Waals surface area contributed by atoms with Crippen LogP contribution in [0.1, 0.15) is 10.4 Å². The van der Waals surface area contributed by atoms with Gasteiger partial charge in [0.05, 0.1) is 18.4 Å². The van der Waals surface area contributed by atoms with E-state index < -0.39 is 11.9 Å². The van der Waals surface area contributed by atoms with E-state index in [-0.39, 0.29) is 11.1 Å². The summed E-state index contributed by atoms with van der Waals surface area (Å²) in [5.41, 5.74) is 0.949. The molecular formula is C18H15N3O4. The Hall–Kier alpha value is -3.79. The van der Waals surface area contributed by atoms with Crippen molar-refractivity contribution in [1.82, 2.24) is 0 Å². The number of carbonyl (C=O) groups is 2. The summed E-state index contributed by atoms with van der Waals surface area (Å²) in [5.74, 6) is -1.11. The van der Waals surface area contributed by atoms with Crippen LogP contribution in [0.25, 0.3) is 0 Å². The molecule has 7 nitrogen and oxygen atoms in total. The molecule has 0 aliphatic carbocycles. The molecule has 0 radical (unpaired) electrons. The predicted molar refractivity (Wildman–Crippen MR) is 92.3 cm³/mol. The molecule has 1 amide bonds. The van der Waals surface area contributed by atoms with Gasteiger partial charge in [-0.2, -0.15) is 5.26 Å². The summed E-state index contributed by atoms with van der Waals surface area (Å²) in [7, 11) is 1.52. The second kappa shape index (κ2) is 8.17. The van der Waals surface area contributed by atoms with Crippen LogP contribution in [0.3, 0.4) is 0 Å². The Morgan fingerprint density at radius 3 is 2.44 bits per heavy atom. The maximum atomic E-state index is 12.1. The fourth-order valence-electron chi connectivity index (χ4n) is 1.96. The average Bonchev–Trinajstić information content (AvgIpc) is 2.63. The normalized spacial score (nSPS) is 10.5. The van der Waals surface area contributed by atoms with Gasteiger partial charge in [-0.1, -0.05) is 12.1 Å². The third kappa shape index (κ3) is 4.59. The molecule has 0 aliphatic rings. The van der Waals surface area contributed by atoms with Crippen molar-refractivity contribution >= 4 is 23.3 Å². The average molecular weight is 337 g/mol. The van der Waals surface area contributed by atoms with Gasteiger partial charge in [0.15, 0.2) is 0 Å². The monoisotopic (exact) mass is 337 g/mol. The topological polar surface area (TPSA) is 111 Å². The van der Waals surface area contributed by atoms with Crippen LogP contribution in [0.4, 0.5) is 11.4 Å². The van der Waals surface area contributed by atoms with Crippen molar-refractivity contribution in [3.05, 3.63) is 65.9 Å². The van der Waals surface area contributed by atoms with Crippen LogP contribution in [0.5, 0.6) is 5.75 Å². The lowest BCUT2D eigenvalue weighted by Crippen LogP contribution is -2.14. The molecule has 0 aromatic heterocycles. The third-order valence-corrected chi connectivity index (χ3v) is 3.23. The number of aromatic carboxylic acids is 1. The zero-order valence-corrected chi connectivity index (χ0v) is 13.3. The third-order valence-electron chi connectivity index (χ3n) is 3.23. The van der Waals surface area contributed by atoms with Crippen LogP contribution in [0.15, 0.2) is 60.3 Å². The summed E-state index contributed by atoms with van der Waals surface area (Å²) in [6.45, 7) is 0. The van der Waals surface area contributed by atoms with Gasteiger partial charge in [-0.25, -0.2) is 4.79 Å². The minimum atomic E-state index is -1.06. The SMILES string of the molecule is COc1ccccc1N/C=C(/C#N)C(=O)Nc1ccc(C(=O)O)cc1. The molecule has 0 heterocycles. The van der Waals surface area contributed by atoms with E-state index in [9.17, 15) is 9.59 Å². The van der Waals surface area contributed by atoms with E-state index in [2.05, 4.69) is 10.6 Å². The van der Waals surface area contributed by atoms with Crippen LogP contribution in [-0.2, 0) is 4.79 Å². The van der Waals surface area contributed by atoms with Crippen molar-refractivity contribution in [2.75, 3.05) is 17.7 Å². The van der Waals surface area contributed by atoms with Gasteiger partial charge in [0.25, 0.3) is 5.91 Å². The highest BCUT2D eigenvalue weighted by molar-refractivity contribution is 6.06. The maximum absolute atomic E-state index is 12.1. The van der Waals surface area contributed by atoms with E-state index in [0.717, 1.165) is 0 Å². The summed E-state index contributed by atoms with van der Waals surface area (Å²) in [4.78, 5) is 23.0. The first-order valence-electron chi connectivity index (χ1n) is 7.19. The number of nitrogens with one attached hydrogen (secondary N) is 2. The lowest BCUT2D eigenvalue weighted by Gasteiger charge is -2.08. The van der Waals surface area contributed by atoms with Gasteiger partial charge in [-0.05, 0) is 36.4 Å². The van der Waals surface area contributed by atoms with Crippen molar-refractivity contribution in [3.8, 4) is 11.8 Å². The van der Waals surface area contributed by atoms with E-state index in [1.165, 1.54) is 37.6 Å². The lowest BCUT2D eigenvalue weighted by molar-refractivity contribution is -0.112. The summed E-state index contributed by atoms with van der Waals surface area (Å²) in [6, 6.07) is 14.5. The first kappa shape index (κ1) is 17.6. The van der Waals surface area contributed by atoms with Gasteiger partial charge in [-0.3, -0.25) is 4.79 Å². The fraction of sp³-hybridized carbons (Fsp3) is 0.0556. The number of ether oxygens (including phenoxy) is 1. The molecule has 0 unspecified atom stereocenters. The number of carboxylic acids is 1. The molecule has 0 spiro atoms. The number of amides is 1. The molecule has 0 saturated carbocycles. The largest absolute Gasteiger partial charge is 0.495 e. The van der Waals surface area contributed by atoms with Crippen molar-refractivity contribution < 1.29 is 19.4 Å². The molecular weight excluding hydrogens is 322 g/mol. The minimum absolute atomic E-state index is 0.104. The van der Waals surface area contributed by atoms with Crippen LogP contribution < -0.4 is 15.4 Å². The van der Waals surface area contributed by atoms with E-state index >= 15 is 0 Å². The fourth-order valence-corrected chi connectivity index (χ4v) is 1.96. The number of nitrogens with zero attached hydrogens (tertiary/aromatic N) is 1. The van der Waals surface area contributed by atoms with E-state index in [1.807, 2.05) is 6.07 Å². The number of benzene rings is 2. The highest BCUT2D eigenvalue weighted by Crippen LogP contribution is 2.23. The van der Waals surface area contributed by atoms with E-state index in [1.54, 1.807) is 24.3 Å². The Kier molecular flexibility index (Phi) is 5.74. The van der Waals surface area contributed by atoms with Gasteiger partial charge < -0.3 is 20.5 Å². The Morgan fingerprint density at radius 2 is 1.84 bits per heavy atom. The minimum Gasteiger partial charge on any atom is -0.495 e. The van der Waals surface area contributed by atoms with Crippen LogP contribution in [0.2, 0.25) is 0 Å². The summed E-state index contributed by atoms with van der Waals surface area (Å²) < 4.78 is 5.17. The molecule has 25 heavy (non-hydrogen) atoms. The summed E-state index contributed by atoms with van der Waals surface area (Å²) in [5, 5.41) is 23.4. The van der Waals surface area contributed by atoms with Gasteiger partial charge >= 0.3 is 5.97 Å². The molecule has 0 atom stereocenters. The highest BCUT2D eigenvalue weighted by Gasteiger charge is 2.10. The number of rotatable bonds is 6. The van der Waals surface area contributed by atoms with Crippen molar-refractivity contribution in [2.45, 2.75) is 0 Å². The van der Waals surface area contributed by atoms with Crippen LogP contribution in [-0.4, -0.2) is 24.1 Å². The number of carboxylic acid groups (broad SMARTS) is 1. The second-order valence-electron chi connectivity index (χ2n) is 4.85. The summed E-state index contributed by atoms with van der Waals surface area (Å²) in [6.07, 6.45) is 1.28. The number of methoxy groups -OCH3 is 1. The van der Waals surface area contributed by atoms with Crippen molar-refractivity contribution in [3.63, 3.8) is 0 Å². The van der Waals surface area contributed by atoms with E-state index in [4.69, 9.17) is 15.1 Å². The number of nitriles is 1. The Labute approximate surface area is 144 Å². The molecule has 0 bridgehead atoms. The second-order valence-corrected chi connectivity index (χ2v) is 4.85. The molecule has 0 aliphatic heterocycles. The van der Waals surface area contributed by atoms with Gasteiger partial charge in [-0.15, -0.1) is 0 Å². The first-order chi connectivity index (χ1) is 12.0. The number of anilines is 2. The zero-order chi connectivity index (χ0) is 18.2. The smallest absolute Gasteiger partial charge is 0.335 e. The van der Waals surface area contributed by atoms with Gasteiger partial charge in [0.2, 0.25) is 0 Å². The lowest BCUT2D eigenvalue weighted by atomic mass is 10.2. The molecule has 0 saturated heterocycles. The predicted octanol–water partition coefficient (Wildman–Crippen LogP) is 2.85. The first-order valence-corrected chi connectivity index (χ1v) is 7.19. The molecule has 2 aromatic carbocycles. The summed E-state index contributed by atoms with van der Waals surface area (Å²) >= 11 is 0. The molecule has 3 N–H and O–H groups in total. The standard InChI is InChI=1S/C18H15N3O4/c1-25-16-5-3-2-4-15(16)20-11-13(10-19)17(22)21-14-8-6-12(7-9-14)18(23)24/h2-9,11,20H,1H3,(H,21,22)(H,23,24)/b13-11-. The highest BCUT2D eigenvalue weighted by atomic mass is 16.5. The van der Waals surface area contributed by atoms with Gasteiger partial charge in [0, 0.05) is 11.9 Å². The molecule has 2 aromatic rings. The van der Waals surface area contributed by atoms with Crippen LogP contribution >= 0.6 is 0 Å². The molecule has 7 heteroatoms. The van der Waals surface area contributed by atoms with E-state index in [0.29, 0.717) is 17.1 Å². The van der Waals surface area contributed by atoms with Gasteiger partial charge in [0.1, 0.15) is 17.4 Å². The Bertz CT molecular complexity index is 851. The van der Waals surface area contributed by atoms with Crippen molar-refractivity contribution in [1.29, 1.82) is 5.26 Å². The number of carbonyl (C=O) groups excluding carboxylic acids is 1.